The Bertz CT molecular complexity index is 656. The molecule has 0 amide bonds. The summed E-state index contributed by atoms with van der Waals surface area (Å²) in [5, 5.41) is 7.45. The molecule has 1 aromatic carbocycles. The second-order valence-electron chi connectivity index (χ2n) is 5.68. The van der Waals surface area contributed by atoms with E-state index < -0.39 is 0 Å². The van der Waals surface area contributed by atoms with Crippen LogP contribution in [0.3, 0.4) is 0 Å². The Morgan fingerprint density at radius 1 is 1.39 bits per heavy atom. The third-order valence-corrected chi connectivity index (χ3v) is 4.01. The number of Topliss-reactive ketones (excluding diaryl/α,β-unsaturated/α-hetero) is 1. The Balaban J connectivity index is 0.00000192. The number of likely N-dealkylation sites (N-methyl/N-ethyl adjacent to an activating group) is 1. The van der Waals surface area contributed by atoms with Crippen LogP contribution in [-0.4, -0.2) is 47.5 Å². The standard InChI is InChI=1S/C16H20N4O2.ClH/c1-11(21)13-5-3-12(4-6-13)9-15-18-16(19-22-15)14-10-17-7-8-20(14)2;/h3-6,14,17H,7-10H2,1-2H3;1H. The van der Waals surface area contributed by atoms with E-state index in [0.717, 1.165) is 31.0 Å². The van der Waals surface area contributed by atoms with Crippen molar-refractivity contribution < 1.29 is 9.32 Å². The molecule has 23 heavy (non-hydrogen) atoms. The minimum Gasteiger partial charge on any atom is -0.339 e. The zero-order valence-corrected chi connectivity index (χ0v) is 14.1. The van der Waals surface area contributed by atoms with Crippen LogP contribution in [-0.2, 0) is 6.42 Å². The maximum atomic E-state index is 11.3. The van der Waals surface area contributed by atoms with E-state index in [1.165, 1.54) is 0 Å². The maximum absolute atomic E-state index is 11.3. The number of hydrogen-bond donors (Lipinski definition) is 1. The summed E-state index contributed by atoms with van der Waals surface area (Å²) in [4.78, 5) is 18.0. The summed E-state index contributed by atoms with van der Waals surface area (Å²) in [5.74, 6) is 1.40. The fourth-order valence-electron chi connectivity index (χ4n) is 2.60. The molecule has 2 aromatic rings. The third kappa shape index (κ3) is 4.16. The van der Waals surface area contributed by atoms with Gasteiger partial charge in [-0.3, -0.25) is 9.69 Å². The number of nitrogens with one attached hydrogen (secondary N) is 1. The third-order valence-electron chi connectivity index (χ3n) is 4.01. The summed E-state index contributed by atoms with van der Waals surface area (Å²) in [6.07, 6.45) is 0.578. The number of carbonyl (C=O) groups is 1. The van der Waals surface area contributed by atoms with Crippen molar-refractivity contribution in [1.29, 1.82) is 0 Å². The van der Waals surface area contributed by atoms with Crippen LogP contribution in [0, 0.1) is 0 Å². The Kier molecular flexibility index (Phi) is 5.87. The van der Waals surface area contributed by atoms with Crippen LogP contribution >= 0.6 is 12.4 Å². The van der Waals surface area contributed by atoms with E-state index in [-0.39, 0.29) is 24.2 Å². The van der Waals surface area contributed by atoms with Crippen molar-refractivity contribution in [3.05, 3.63) is 47.1 Å². The van der Waals surface area contributed by atoms with E-state index in [9.17, 15) is 4.79 Å². The number of aromatic nitrogens is 2. The van der Waals surface area contributed by atoms with Crippen molar-refractivity contribution in [2.24, 2.45) is 0 Å². The number of carbonyl (C=O) groups excluding carboxylic acids is 1. The zero-order valence-electron chi connectivity index (χ0n) is 13.3. The molecule has 124 valence electrons. The molecule has 1 N–H and O–H groups in total. The van der Waals surface area contributed by atoms with Crippen LogP contribution in [0.4, 0.5) is 0 Å². The fraction of sp³-hybridized carbons (Fsp3) is 0.438. The molecular formula is C16H21ClN4O2. The SMILES string of the molecule is CC(=O)c1ccc(Cc2nc(C3CNCCN3C)no2)cc1.Cl. The Morgan fingerprint density at radius 2 is 2.13 bits per heavy atom. The van der Waals surface area contributed by atoms with Crippen molar-refractivity contribution in [1.82, 2.24) is 20.4 Å². The molecule has 6 nitrogen and oxygen atoms in total. The average molecular weight is 337 g/mol. The highest BCUT2D eigenvalue weighted by Crippen LogP contribution is 2.18. The van der Waals surface area contributed by atoms with E-state index in [2.05, 4.69) is 27.4 Å². The fourth-order valence-corrected chi connectivity index (χ4v) is 2.60. The maximum Gasteiger partial charge on any atom is 0.231 e. The first-order chi connectivity index (χ1) is 10.6. The van der Waals surface area contributed by atoms with Crippen LogP contribution in [0.15, 0.2) is 28.8 Å². The van der Waals surface area contributed by atoms with Crippen molar-refractivity contribution in [3.63, 3.8) is 0 Å². The predicted octanol–water partition coefficient (Wildman–Crippen LogP) is 1.86. The number of piperazine rings is 1. The van der Waals surface area contributed by atoms with Gasteiger partial charge in [0.1, 0.15) is 0 Å². The minimum atomic E-state index is 0. The number of benzene rings is 1. The second-order valence-corrected chi connectivity index (χ2v) is 5.68. The van der Waals surface area contributed by atoms with Crippen molar-refractivity contribution in [3.8, 4) is 0 Å². The Labute approximate surface area is 141 Å². The van der Waals surface area contributed by atoms with Crippen molar-refractivity contribution in [2.75, 3.05) is 26.7 Å². The molecule has 1 aliphatic rings. The summed E-state index contributed by atoms with van der Waals surface area (Å²) in [6, 6.07) is 7.66. The number of rotatable bonds is 4. The average Bonchev–Trinajstić information content (AvgIpc) is 2.96. The van der Waals surface area contributed by atoms with Gasteiger partial charge in [-0.05, 0) is 19.5 Å². The topological polar surface area (TPSA) is 71.3 Å². The van der Waals surface area contributed by atoms with Crippen LogP contribution < -0.4 is 5.32 Å². The lowest BCUT2D eigenvalue weighted by Crippen LogP contribution is -2.44. The molecule has 7 heteroatoms. The highest BCUT2D eigenvalue weighted by molar-refractivity contribution is 5.94. The predicted molar refractivity (Wildman–Crippen MR) is 89.0 cm³/mol. The van der Waals surface area contributed by atoms with E-state index in [4.69, 9.17) is 4.52 Å². The first kappa shape index (κ1) is 17.6. The summed E-state index contributed by atoms with van der Waals surface area (Å²) >= 11 is 0. The molecule has 0 radical (unpaired) electrons. The Morgan fingerprint density at radius 3 is 2.78 bits per heavy atom. The molecule has 1 unspecified atom stereocenters. The van der Waals surface area contributed by atoms with Gasteiger partial charge in [0, 0.05) is 25.2 Å². The quantitative estimate of drug-likeness (QED) is 0.859. The van der Waals surface area contributed by atoms with Gasteiger partial charge in [0.15, 0.2) is 11.6 Å². The molecular weight excluding hydrogens is 316 g/mol. The second kappa shape index (κ2) is 7.68. The Hall–Kier alpha value is -1.76. The zero-order chi connectivity index (χ0) is 15.5. The van der Waals surface area contributed by atoms with Crippen LogP contribution in [0.25, 0.3) is 0 Å². The number of nitrogens with zero attached hydrogens (tertiary/aromatic N) is 3. The lowest BCUT2D eigenvalue weighted by atomic mass is 10.1. The van der Waals surface area contributed by atoms with E-state index in [0.29, 0.717) is 17.9 Å². The molecule has 1 atom stereocenters. The molecule has 1 fully saturated rings. The largest absolute Gasteiger partial charge is 0.339 e. The minimum absolute atomic E-state index is 0. The first-order valence-electron chi connectivity index (χ1n) is 7.47. The number of hydrogen-bond acceptors (Lipinski definition) is 6. The van der Waals surface area contributed by atoms with E-state index in [1.54, 1.807) is 6.92 Å². The smallest absolute Gasteiger partial charge is 0.231 e. The summed E-state index contributed by atoms with van der Waals surface area (Å²) in [6.45, 7) is 4.36. The lowest BCUT2D eigenvalue weighted by molar-refractivity contribution is 0.101. The normalized spacial score (nSPS) is 18.4. The van der Waals surface area contributed by atoms with Gasteiger partial charge in [-0.1, -0.05) is 29.4 Å². The lowest BCUT2D eigenvalue weighted by Gasteiger charge is -2.30. The molecule has 3 rings (SSSR count). The van der Waals surface area contributed by atoms with Crippen LogP contribution in [0.1, 0.15) is 40.6 Å². The monoisotopic (exact) mass is 336 g/mol. The van der Waals surface area contributed by atoms with E-state index in [1.807, 2.05) is 24.3 Å². The molecule has 0 aliphatic carbocycles. The molecule has 0 spiro atoms. The van der Waals surface area contributed by atoms with Gasteiger partial charge in [0.05, 0.1) is 12.5 Å². The van der Waals surface area contributed by atoms with Gasteiger partial charge < -0.3 is 9.84 Å². The van der Waals surface area contributed by atoms with Crippen LogP contribution in [0.5, 0.6) is 0 Å². The van der Waals surface area contributed by atoms with Gasteiger partial charge >= 0.3 is 0 Å². The molecule has 0 saturated carbocycles. The molecule has 1 saturated heterocycles. The van der Waals surface area contributed by atoms with E-state index >= 15 is 0 Å². The van der Waals surface area contributed by atoms with Crippen molar-refractivity contribution >= 4 is 18.2 Å². The highest BCUT2D eigenvalue weighted by atomic mass is 35.5. The molecule has 2 heterocycles. The number of halogens is 1. The van der Waals surface area contributed by atoms with Crippen LogP contribution in [0.2, 0.25) is 0 Å². The van der Waals surface area contributed by atoms with Gasteiger partial charge in [0.25, 0.3) is 0 Å². The number of ketones is 1. The molecule has 0 bridgehead atoms. The first-order valence-corrected chi connectivity index (χ1v) is 7.47. The summed E-state index contributed by atoms with van der Waals surface area (Å²) in [7, 11) is 2.07. The van der Waals surface area contributed by atoms with Gasteiger partial charge in [-0.15, -0.1) is 12.4 Å². The molecule has 1 aromatic heterocycles. The van der Waals surface area contributed by atoms with Gasteiger partial charge in [-0.2, -0.15) is 4.98 Å². The van der Waals surface area contributed by atoms with Crippen molar-refractivity contribution in [2.45, 2.75) is 19.4 Å². The molecule has 1 aliphatic heterocycles. The summed E-state index contributed by atoms with van der Waals surface area (Å²) < 4.78 is 5.37. The van der Waals surface area contributed by atoms with Gasteiger partial charge in [-0.25, -0.2) is 0 Å². The summed E-state index contributed by atoms with van der Waals surface area (Å²) in [5.41, 5.74) is 1.76. The van der Waals surface area contributed by atoms with Gasteiger partial charge in [0.2, 0.25) is 5.89 Å². The highest BCUT2D eigenvalue weighted by Gasteiger charge is 2.25.